The smallest absolute Gasteiger partial charge is 0.141 e. The van der Waals surface area contributed by atoms with E-state index in [4.69, 9.17) is 5.73 Å². The second kappa shape index (κ2) is 2.09. The molecule has 1 aromatic rings. The average molecular weight is 120 g/mol. The van der Waals surface area contributed by atoms with Crippen molar-refractivity contribution in [2.45, 2.75) is 6.92 Å². The molecule has 1 aromatic heterocycles. The fraction of sp³-hybridized carbons (Fsp3) is 0.167. The summed E-state index contributed by atoms with van der Waals surface area (Å²) in [5.41, 5.74) is 8.39. The quantitative estimate of drug-likeness (QED) is 0.456. The van der Waals surface area contributed by atoms with E-state index in [-0.39, 0.29) is 0 Å². The predicted molar refractivity (Wildman–Crippen MR) is 41.6 cm³/mol. The maximum Gasteiger partial charge on any atom is 0.141 e. The molecule has 1 heterocycles. The Bertz CT molecular complexity index is 222. The van der Waals surface area contributed by atoms with Crippen molar-refractivity contribution in [1.29, 1.82) is 0 Å². The Morgan fingerprint density at radius 3 is 2.78 bits per heavy atom. The molecule has 46 valence electrons. The van der Waals surface area contributed by atoms with Crippen LogP contribution in [0.5, 0.6) is 0 Å². The molecule has 0 saturated carbocycles. The Balaban J connectivity index is 3.17. The van der Waals surface area contributed by atoms with Gasteiger partial charge in [0.2, 0.25) is 0 Å². The Hall–Kier alpha value is -0.985. The lowest BCUT2D eigenvalue weighted by Crippen LogP contribution is -2.09. The molecule has 0 aliphatic carbocycles. The fourth-order valence-corrected chi connectivity index (χ4v) is 0.665. The molecule has 0 radical (unpaired) electrons. The van der Waals surface area contributed by atoms with Gasteiger partial charge in [-0.25, -0.2) is 0 Å². The second-order valence-electron chi connectivity index (χ2n) is 2.17. The third-order valence-corrected chi connectivity index (χ3v) is 1.36. The largest absolute Gasteiger partial charge is 0.397 e. The molecule has 0 aromatic carbocycles. The highest BCUT2D eigenvalue weighted by Gasteiger charge is 1.91. The van der Waals surface area contributed by atoms with Crippen molar-refractivity contribution in [2.24, 2.45) is 0 Å². The number of hydrogen-bond donors (Lipinski definition) is 1. The summed E-state index contributed by atoms with van der Waals surface area (Å²) in [6, 6.07) is 1.92. The number of anilines is 1. The van der Waals surface area contributed by atoms with Gasteiger partial charge < -0.3 is 5.73 Å². The van der Waals surface area contributed by atoms with Crippen LogP contribution in [0.15, 0.2) is 12.3 Å². The zero-order valence-electron chi connectivity index (χ0n) is 5.68. The van der Waals surface area contributed by atoms with Crippen LogP contribution in [0.25, 0.3) is 0 Å². The van der Waals surface area contributed by atoms with E-state index in [9.17, 15) is 0 Å². The molecule has 0 atom stereocenters. The Morgan fingerprint density at radius 2 is 2.33 bits per heavy atom. The van der Waals surface area contributed by atoms with Crippen LogP contribution < -0.4 is 11.2 Å². The minimum absolute atomic E-state index is 0.734. The Morgan fingerprint density at radius 1 is 1.67 bits per heavy atom. The number of rotatable bonds is 0. The van der Waals surface area contributed by atoms with Gasteiger partial charge in [-0.15, -0.1) is 0 Å². The van der Waals surface area contributed by atoms with E-state index < -0.39 is 0 Å². The SMILES string of the molecule is Bc1cc(N)cnc1C. The minimum atomic E-state index is 0.734. The third kappa shape index (κ3) is 1.22. The van der Waals surface area contributed by atoms with Gasteiger partial charge >= 0.3 is 0 Å². The van der Waals surface area contributed by atoms with Crippen LogP contribution >= 0.6 is 0 Å². The molecular weight excluding hydrogens is 111 g/mol. The second-order valence-corrected chi connectivity index (χ2v) is 2.17. The summed E-state index contributed by atoms with van der Waals surface area (Å²) >= 11 is 0. The molecule has 0 spiro atoms. The maximum atomic E-state index is 5.46. The molecular formula is C6H9BN2. The van der Waals surface area contributed by atoms with Gasteiger partial charge in [0.25, 0.3) is 0 Å². The van der Waals surface area contributed by atoms with Crippen molar-refractivity contribution >= 4 is 19.0 Å². The van der Waals surface area contributed by atoms with Gasteiger partial charge in [-0.05, 0) is 13.0 Å². The normalized spacial score (nSPS) is 9.44. The molecule has 2 N–H and O–H groups in total. The Kier molecular flexibility index (Phi) is 1.43. The van der Waals surface area contributed by atoms with Crippen molar-refractivity contribution in [3.05, 3.63) is 18.0 Å². The maximum absolute atomic E-state index is 5.46. The molecule has 0 saturated heterocycles. The number of pyridine rings is 1. The third-order valence-electron chi connectivity index (χ3n) is 1.36. The molecule has 0 bridgehead atoms. The van der Waals surface area contributed by atoms with E-state index in [0.717, 1.165) is 16.8 Å². The van der Waals surface area contributed by atoms with Crippen LogP contribution in [0.1, 0.15) is 5.69 Å². The first kappa shape index (κ1) is 6.14. The molecule has 0 fully saturated rings. The fourth-order valence-electron chi connectivity index (χ4n) is 0.665. The first-order chi connectivity index (χ1) is 4.20. The summed E-state index contributed by atoms with van der Waals surface area (Å²) in [5, 5.41) is 0. The highest BCUT2D eigenvalue weighted by atomic mass is 14.7. The zero-order chi connectivity index (χ0) is 6.85. The molecule has 9 heavy (non-hydrogen) atoms. The minimum Gasteiger partial charge on any atom is -0.397 e. The van der Waals surface area contributed by atoms with Gasteiger partial charge in [0, 0.05) is 17.6 Å². The predicted octanol–water partition coefficient (Wildman–Crippen LogP) is -0.769. The van der Waals surface area contributed by atoms with Crippen molar-refractivity contribution in [3.8, 4) is 0 Å². The number of aromatic nitrogens is 1. The summed E-state index contributed by atoms with van der Waals surface area (Å²) in [4.78, 5) is 4.05. The van der Waals surface area contributed by atoms with Crippen LogP contribution in [0, 0.1) is 6.92 Å². The van der Waals surface area contributed by atoms with Crippen LogP contribution in [-0.2, 0) is 0 Å². The summed E-state index contributed by atoms with van der Waals surface area (Å²) in [6.45, 7) is 1.97. The monoisotopic (exact) mass is 120 g/mol. The van der Waals surface area contributed by atoms with E-state index in [1.54, 1.807) is 6.20 Å². The van der Waals surface area contributed by atoms with E-state index in [0.29, 0.717) is 0 Å². The van der Waals surface area contributed by atoms with Crippen LogP contribution in [-0.4, -0.2) is 12.8 Å². The standard InChI is InChI=1S/C6H9BN2/c1-4-6(7)2-5(8)3-9-4/h2-3H,7-8H2,1H3. The number of nitrogens with two attached hydrogens (primary N) is 1. The lowest BCUT2D eigenvalue weighted by molar-refractivity contribution is 1.23. The van der Waals surface area contributed by atoms with Gasteiger partial charge in [-0.1, -0.05) is 5.46 Å². The van der Waals surface area contributed by atoms with E-state index in [1.165, 1.54) is 0 Å². The molecule has 1 rings (SSSR count). The molecule has 2 nitrogen and oxygen atoms in total. The number of nitrogen functional groups attached to an aromatic ring is 1. The topological polar surface area (TPSA) is 38.9 Å². The van der Waals surface area contributed by atoms with Gasteiger partial charge in [0.15, 0.2) is 0 Å². The van der Waals surface area contributed by atoms with Crippen LogP contribution in [0.4, 0.5) is 5.69 Å². The van der Waals surface area contributed by atoms with Crippen LogP contribution in [0.3, 0.4) is 0 Å². The van der Waals surface area contributed by atoms with Crippen molar-refractivity contribution < 1.29 is 0 Å². The van der Waals surface area contributed by atoms with Gasteiger partial charge in [0.05, 0.1) is 0 Å². The average Bonchev–Trinajstić information content (AvgIpc) is 1.80. The highest BCUT2D eigenvalue weighted by molar-refractivity contribution is 6.33. The first-order valence-electron chi connectivity index (χ1n) is 2.89. The van der Waals surface area contributed by atoms with E-state index in [2.05, 4.69) is 4.98 Å². The van der Waals surface area contributed by atoms with Gasteiger partial charge in [-0.3, -0.25) is 4.98 Å². The summed E-state index contributed by atoms with van der Waals surface area (Å²) in [6.07, 6.45) is 1.67. The Labute approximate surface area is 55.5 Å². The summed E-state index contributed by atoms with van der Waals surface area (Å²) in [5.74, 6) is 0. The summed E-state index contributed by atoms with van der Waals surface area (Å²) in [7, 11) is 2.00. The van der Waals surface area contributed by atoms with Crippen molar-refractivity contribution in [3.63, 3.8) is 0 Å². The number of hydrogen-bond acceptors (Lipinski definition) is 2. The number of nitrogens with zero attached hydrogens (tertiary/aromatic N) is 1. The van der Waals surface area contributed by atoms with Gasteiger partial charge in [-0.2, -0.15) is 0 Å². The zero-order valence-corrected chi connectivity index (χ0v) is 5.68. The van der Waals surface area contributed by atoms with Gasteiger partial charge in [0.1, 0.15) is 7.85 Å². The van der Waals surface area contributed by atoms with Crippen molar-refractivity contribution in [1.82, 2.24) is 4.98 Å². The molecule has 0 unspecified atom stereocenters. The van der Waals surface area contributed by atoms with Crippen LogP contribution in [0.2, 0.25) is 0 Å². The highest BCUT2D eigenvalue weighted by Crippen LogP contribution is 1.94. The number of aryl methyl sites for hydroxylation is 1. The molecule has 0 aliphatic rings. The molecule has 0 aliphatic heterocycles. The lowest BCUT2D eigenvalue weighted by Gasteiger charge is -1.97. The lowest BCUT2D eigenvalue weighted by atomic mass is 9.95. The molecule has 3 heteroatoms. The first-order valence-corrected chi connectivity index (χ1v) is 2.89. The van der Waals surface area contributed by atoms with Crippen molar-refractivity contribution in [2.75, 3.05) is 5.73 Å². The summed E-state index contributed by atoms with van der Waals surface area (Å²) < 4.78 is 0. The molecule has 0 amide bonds. The van der Waals surface area contributed by atoms with E-state index >= 15 is 0 Å². The van der Waals surface area contributed by atoms with E-state index in [1.807, 2.05) is 20.8 Å².